The number of rotatable bonds is 7. The van der Waals surface area contributed by atoms with Crippen molar-refractivity contribution in [2.75, 3.05) is 25.0 Å². The number of hydrogen-bond donors (Lipinski definition) is 1. The number of benzene rings is 1. The van der Waals surface area contributed by atoms with E-state index in [4.69, 9.17) is 11.6 Å². The Kier molecular flexibility index (Phi) is 7.55. The molecule has 172 valence electrons. The predicted molar refractivity (Wildman–Crippen MR) is 109 cm³/mol. The summed E-state index contributed by atoms with van der Waals surface area (Å²) in [5.74, 6) is -5.52. The highest BCUT2D eigenvalue weighted by atomic mass is 35.5. The van der Waals surface area contributed by atoms with Crippen LogP contribution in [0.1, 0.15) is 23.2 Å². The summed E-state index contributed by atoms with van der Waals surface area (Å²) in [6.45, 7) is -0.740. The van der Waals surface area contributed by atoms with Crippen LogP contribution in [0.5, 0.6) is 5.88 Å². The van der Waals surface area contributed by atoms with Crippen LogP contribution >= 0.6 is 11.6 Å². The maximum absolute atomic E-state index is 12.9. The summed E-state index contributed by atoms with van der Waals surface area (Å²) in [5.41, 5.74) is 0.761. The summed E-state index contributed by atoms with van der Waals surface area (Å²) < 4.78 is 54.7. The number of anilines is 1. The minimum absolute atomic E-state index is 0.192. The molecule has 1 aromatic carbocycles. The topological polar surface area (TPSA) is 71.5 Å². The molecule has 1 unspecified atom stereocenters. The van der Waals surface area contributed by atoms with E-state index in [0.29, 0.717) is 30.0 Å². The van der Waals surface area contributed by atoms with E-state index in [1.807, 2.05) is 0 Å². The molecule has 1 saturated heterocycles. The summed E-state index contributed by atoms with van der Waals surface area (Å²) in [4.78, 5) is 30.6. The number of amides is 2. The molecule has 1 aliphatic rings. The van der Waals surface area contributed by atoms with Crippen molar-refractivity contribution in [2.45, 2.75) is 25.2 Å². The molecule has 32 heavy (non-hydrogen) atoms. The number of piperidine rings is 1. The van der Waals surface area contributed by atoms with Crippen molar-refractivity contribution in [2.24, 2.45) is 5.92 Å². The van der Waals surface area contributed by atoms with Crippen LogP contribution < -0.4 is 10.1 Å². The van der Waals surface area contributed by atoms with Crippen molar-refractivity contribution in [1.29, 1.82) is 0 Å². The van der Waals surface area contributed by atoms with Crippen LogP contribution in [0, 0.1) is 5.92 Å². The molecule has 2 aromatic rings. The number of nitrogens with zero attached hydrogens (tertiary/aromatic N) is 2. The van der Waals surface area contributed by atoms with Crippen LogP contribution in [0.25, 0.3) is 0 Å². The number of hydrogen-bond acceptors (Lipinski definition) is 4. The average Bonchev–Trinajstić information content (AvgIpc) is 2.78. The first-order valence-electron chi connectivity index (χ1n) is 9.76. The van der Waals surface area contributed by atoms with Gasteiger partial charge in [0.2, 0.25) is 11.8 Å². The molecule has 0 spiro atoms. The number of ether oxygens (including phenoxy) is 1. The fraction of sp³-hybridized carbons (Fsp3) is 0.381. The molecule has 0 bridgehead atoms. The maximum Gasteiger partial charge on any atom is 0.340 e. The number of aromatic nitrogens is 1. The zero-order valence-corrected chi connectivity index (χ0v) is 17.5. The van der Waals surface area contributed by atoms with E-state index < -0.39 is 24.9 Å². The number of nitrogens with one attached hydrogen (secondary N) is 1. The number of carbonyl (C=O) groups is 2. The van der Waals surface area contributed by atoms with Crippen molar-refractivity contribution in [3.63, 3.8) is 0 Å². The molecule has 1 N–H and O–H groups in total. The SMILES string of the molecule is O=C(Nc1ccc(OCC(F)(F)C(F)F)nc1)C1CCCN(C(=O)c2ccc(Cl)cc2)C1. The third kappa shape index (κ3) is 6.09. The number of alkyl halides is 4. The van der Waals surface area contributed by atoms with E-state index in [2.05, 4.69) is 15.0 Å². The van der Waals surface area contributed by atoms with Gasteiger partial charge in [-0.05, 0) is 43.2 Å². The molecule has 1 aromatic heterocycles. The fourth-order valence-electron chi connectivity index (χ4n) is 3.17. The van der Waals surface area contributed by atoms with Gasteiger partial charge in [0, 0.05) is 29.7 Å². The maximum atomic E-state index is 12.9. The van der Waals surface area contributed by atoms with Gasteiger partial charge >= 0.3 is 12.3 Å². The standard InChI is InChI=1S/C21H20ClF4N3O3/c22-15-5-3-13(4-6-15)19(31)29-9-1-2-14(11-29)18(30)28-16-7-8-17(27-10-16)32-12-21(25,26)20(23)24/h3-8,10,14,20H,1-2,9,11-12H2,(H,28,30). The van der Waals surface area contributed by atoms with Crippen LogP contribution in [-0.2, 0) is 4.79 Å². The summed E-state index contributed by atoms with van der Waals surface area (Å²) in [6, 6.07) is 9.05. The van der Waals surface area contributed by atoms with Gasteiger partial charge < -0.3 is 15.0 Å². The van der Waals surface area contributed by atoms with Gasteiger partial charge in [0.25, 0.3) is 5.91 Å². The summed E-state index contributed by atoms with van der Waals surface area (Å²) in [5, 5.41) is 3.17. The molecule has 0 aliphatic carbocycles. The number of pyridine rings is 1. The second-order valence-corrected chi connectivity index (χ2v) is 7.76. The summed E-state index contributed by atoms with van der Waals surface area (Å²) >= 11 is 5.85. The number of likely N-dealkylation sites (tertiary alicyclic amines) is 1. The molecule has 2 amide bonds. The van der Waals surface area contributed by atoms with Gasteiger partial charge in [-0.3, -0.25) is 9.59 Å². The van der Waals surface area contributed by atoms with Gasteiger partial charge in [-0.2, -0.15) is 8.78 Å². The van der Waals surface area contributed by atoms with E-state index in [9.17, 15) is 27.2 Å². The summed E-state index contributed by atoms with van der Waals surface area (Å²) in [7, 11) is 0. The molecule has 0 radical (unpaired) electrons. The first-order valence-corrected chi connectivity index (χ1v) is 10.1. The van der Waals surface area contributed by atoms with Gasteiger partial charge in [-0.1, -0.05) is 11.6 Å². The van der Waals surface area contributed by atoms with Crippen LogP contribution in [0.3, 0.4) is 0 Å². The number of halogens is 5. The van der Waals surface area contributed by atoms with Gasteiger partial charge in [0.05, 0.1) is 17.8 Å². The molecule has 6 nitrogen and oxygen atoms in total. The zero-order valence-electron chi connectivity index (χ0n) is 16.7. The van der Waals surface area contributed by atoms with Crippen LogP contribution in [-0.4, -0.2) is 53.7 Å². The first-order chi connectivity index (χ1) is 15.2. The molecule has 1 atom stereocenters. The molecule has 3 rings (SSSR count). The van der Waals surface area contributed by atoms with Gasteiger partial charge in [-0.25, -0.2) is 13.8 Å². The molecular formula is C21H20ClF4N3O3. The second kappa shape index (κ2) is 10.2. The quantitative estimate of drug-likeness (QED) is 0.601. The van der Waals surface area contributed by atoms with Gasteiger partial charge in [0.1, 0.15) is 0 Å². The second-order valence-electron chi connectivity index (χ2n) is 7.32. The third-order valence-electron chi connectivity index (χ3n) is 4.91. The molecular weight excluding hydrogens is 454 g/mol. The highest BCUT2D eigenvalue weighted by Crippen LogP contribution is 2.25. The Morgan fingerprint density at radius 2 is 1.94 bits per heavy atom. The van der Waals surface area contributed by atoms with E-state index in [1.165, 1.54) is 18.3 Å². The Bertz CT molecular complexity index is 942. The molecule has 11 heteroatoms. The van der Waals surface area contributed by atoms with Crippen molar-refractivity contribution in [3.05, 3.63) is 53.2 Å². The lowest BCUT2D eigenvalue weighted by Crippen LogP contribution is -2.43. The highest BCUT2D eigenvalue weighted by Gasteiger charge is 2.41. The molecule has 1 aliphatic heterocycles. The Hall–Kier alpha value is -2.88. The largest absolute Gasteiger partial charge is 0.471 e. The summed E-state index contributed by atoms with van der Waals surface area (Å²) in [6.07, 6.45) is -1.43. The monoisotopic (exact) mass is 473 g/mol. The third-order valence-corrected chi connectivity index (χ3v) is 5.16. The highest BCUT2D eigenvalue weighted by molar-refractivity contribution is 6.30. The van der Waals surface area contributed by atoms with Crippen molar-refractivity contribution in [1.82, 2.24) is 9.88 Å². The Balaban J connectivity index is 1.54. The Morgan fingerprint density at radius 3 is 2.56 bits per heavy atom. The van der Waals surface area contributed by atoms with Crippen molar-refractivity contribution in [3.8, 4) is 5.88 Å². The van der Waals surface area contributed by atoms with E-state index >= 15 is 0 Å². The normalized spacial score (nSPS) is 16.7. The van der Waals surface area contributed by atoms with E-state index in [1.54, 1.807) is 29.2 Å². The fourth-order valence-corrected chi connectivity index (χ4v) is 3.29. The van der Waals surface area contributed by atoms with Crippen LogP contribution in [0.2, 0.25) is 5.02 Å². The lowest BCUT2D eigenvalue weighted by molar-refractivity contribution is -0.148. The van der Waals surface area contributed by atoms with Crippen LogP contribution in [0.15, 0.2) is 42.6 Å². The average molecular weight is 474 g/mol. The lowest BCUT2D eigenvalue weighted by Gasteiger charge is -2.32. The van der Waals surface area contributed by atoms with Crippen molar-refractivity contribution < 1.29 is 31.9 Å². The zero-order chi connectivity index (χ0) is 23.3. The molecule has 2 heterocycles. The van der Waals surface area contributed by atoms with Crippen molar-refractivity contribution >= 4 is 29.1 Å². The lowest BCUT2D eigenvalue weighted by atomic mass is 9.96. The molecule has 1 fully saturated rings. The molecule has 0 saturated carbocycles. The minimum atomic E-state index is -4.29. The van der Waals surface area contributed by atoms with E-state index in [-0.39, 0.29) is 29.9 Å². The Labute approximate surface area is 186 Å². The predicted octanol–water partition coefficient (Wildman–Crippen LogP) is 4.51. The number of carbonyl (C=O) groups excluding carboxylic acids is 2. The van der Waals surface area contributed by atoms with Gasteiger partial charge in [-0.15, -0.1) is 0 Å². The van der Waals surface area contributed by atoms with Gasteiger partial charge in [0.15, 0.2) is 6.61 Å². The minimum Gasteiger partial charge on any atom is -0.471 e. The first kappa shape index (κ1) is 23.8. The van der Waals surface area contributed by atoms with E-state index in [0.717, 1.165) is 0 Å². The smallest absolute Gasteiger partial charge is 0.340 e. The van der Waals surface area contributed by atoms with Crippen LogP contribution in [0.4, 0.5) is 23.2 Å². The Morgan fingerprint density at radius 1 is 1.22 bits per heavy atom.